The van der Waals surface area contributed by atoms with Crippen molar-refractivity contribution in [3.63, 3.8) is 0 Å². The molecule has 1 aliphatic rings. The lowest BCUT2D eigenvalue weighted by atomic mass is 10.3. The maximum Gasteiger partial charge on any atom is 0.673 e. The molecule has 0 unspecified atom stereocenters. The Morgan fingerprint density at radius 1 is 1.09 bits per heavy atom. The Bertz CT molecular complexity index is 632. The molecular weight excluding hydrogens is 340 g/mol. The van der Waals surface area contributed by atoms with Crippen LogP contribution in [-0.4, -0.2) is 60.7 Å². The van der Waals surface area contributed by atoms with Crippen LogP contribution < -0.4 is 0 Å². The molecule has 1 aliphatic heterocycles. The predicted octanol–water partition coefficient (Wildman–Crippen LogP) is 3.29. The van der Waals surface area contributed by atoms with E-state index >= 15 is 0 Å². The van der Waals surface area contributed by atoms with Crippen molar-refractivity contribution in [3.8, 4) is 0 Å². The first-order chi connectivity index (χ1) is 10.4. The minimum absolute atomic E-state index is 0.448. The molecule has 0 saturated carbocycles. The van der Waals surface area contributed by atoms with Crippen LogP contribution in [0.4, 0.5) is 28.6 Å². The number of benzene rings is 1. The van der Waals surface area contributed by atoms with Gasteiger partial charge in [-0.25, -0.2) is 9.80 Å². The van der Waals surface area contributed by atoms with Crippen molar-refractivity contribution in [2.75, 3.05) is 28.2 Å². The minimum Gasteiger partial charge on any atom is -0.691 e. The Morgan fingerprint density at radius 2 is 1.57 bits per heavy atom. The topological polar surface area (TPSA) is 47.9 Å². The standard InChI is InChI=1S/C11H15ClN5O.BF4/c1-14(2)11(15(3)4)16-9-6-5-8(12)7-10(9)17(18)13-16;2-1(3,4)5/h5-7H,1-4H3;/q+1;-1. The van der Waals surface area contributed by atoms with Crippen molar-refractivity contribution in [1.29, 1.82) is 0 Å². The molecule has 6 nitrogen and oxygen atoms in total. The van der Waals surface area contributed by atoms with Crippen molar-refractivity contribution in [2.24, 2.45) is 5.22 Å². The molecule has 12 heteroatoms. The maximum atomic E-state index is 11.8. The summed E-state index contributed by atoms with van der Waals surface area (Å²) in [5.74, 6) is 0.789. The Hall–Kier alpha value is -2.04. The van der Waals surface area contributed by atoms with Gasteiger partial charge in [-0.3, -0.25) is 0 Å². The number of hydrogen-bond donors (Lipinski definition) is 0. The molecule has 1 heterocycles. The quantitative estimate of drug-likeness (QED) is 0.236. The van der Waals surface area contributed by atoms with Crippen LogP contribution in [0.25, 0.3) is 0 Å². The van der Waals surface area contributed by atoms with Gasteiger partial charge in [0.2, 0.25) is 11.4 Å². The van der Waals surface area contributed by atoms with E-state index in [2.05, 4.69) is 5.22 Å². The zero-order chi connectivity index (χ0) is 17.9. The number of rotatable bonds is 0. The Balaban J connectivity index is 0.000000463. The third kappa shape index (κ3) is 5.27. The highest BCUT2D eigenvalue weighted by Crippen LogP contribution is 2.35. The summed E-state index contributed by atoms with van der Waals surface area (Å²) in [7, 11) is 1.59. The van der Waals surface area contributed by atoms with E-state index < -0.39 is 7.25 Å². The first kappa shape index (κ1) is 19.0. The van der Waals surface area contributed by atoms with E-state index in [1.807, 2.05) is 38.0 Å². The fourth-order valence-corrected chi connectivity index (χ4v) is 2.10. The minimum atomic E-state index is -6.00. The van der Waals surface area contributed by atoms with Crippen LogP contribution in [0.15, 0.2) is 23.4 Å². The first-order valence-corrected chi connectivity index (χ1v) is 6.67. The molecular formula is C11H15BClF4N5O. The van der Waals surface area contributed by atoms with Gasteiger partial charge in [0.05, 0.1) is 28.2 Å². The number of halogens is 5. The molecule has 23 heavy (non-hydrogen) atoms. The largest absolute Gasteiger partial charge is 0.691 e. The summed E-state index contributed by atoms with van der Waals surface area (Å²) in [6.45, 7) is 0. The maximum absolute atomic E-state index is 11.8. The van der Waals surface area contributed by atoms with Crippen molar-refractivity contribution in [1.82, 2.24) is 9.80 Å². The lowest BCUT2D eigenvalue weighted by molar-refractivity contribution is -0.592. The smallest absolute Gasteiger partial charge is 0.673 e. The molecule has 0 spiro atoms. The fourth-order valence-electron chi connectivity index (χ4n) is 1.93. The molecule has 128 valence electrons. The molecule has 0 amide bonds. The summed E-state index contributed by atoms with van der Waals surface area (Å²) in [6, 6.07) is 5.13. The van der Waals surface area contributed by atoms with Crippen LogP contribution in [0.5, 0.6) is 0 Å². The van der Waals surface area contributed by atoms with Gasteiger partial charge in [0.15, 0.2) is 0 Å². The van der Waals surface area contributed by atoms with Crippen LogP contribution in [0, 0.1) is 5.21 Å². The average Bonchev–Trinajstić information content (AvgIpc) is 2.63. The molecule has 2 rings (SSSR count). The molecule has 0 radical (unpaired) electrons. The number of nitrogens with zero attached hydrogens (tertiary/aromatic N) is 5. The van der Waals surface area contributed by atoms with E-state index in [4.69, 9.17) is 11.6 Å². The molecule has 0 aromatic heterocycles. The van der Waals surface area contributed by atoms with Gasteiger partial charge in [0.1, 0.15) is 5.22 Å². The normalized spacial score (nSPS) is 12.9. The monoisotopic (exact) mass is 355 g/mol. The van der Waals surface area contributed by atoms with Crippen molar-refractivity contribution >= 4 is 36.2 Å². The highest BCUT2D eigenvalue weighted by atomic mass is 35.5. The van der Waals surface area contributed by atoms with Gasteiger partial charge in [-0.1, -0.05) is 11.6 Å². The Kier molecular flexibility index (Phi) is 5.81. The summed E-state index contributed by atoms with van der Waals surface area (Å²) < 4.78 is 40.6. The van der Waals surface area contributed by atoms with Gasteiger partial charge in [-0.05, 0) is 16.8 Å². The summed E-state index contributed by atoms with van der Waals surface area (Å²) in [6.07, 6.45) is 0. The van der Waals surface area contributed by atoms with Crippen LogP contribution in [0.2, 0.25) is 5.02 Å². The number of hydrogen-bond acceptors (Lipinski definition) is 2. The van der Waals surface area contributed by atoms with Gasteiger partial charge < -0.3 is 22.5 Å². The molecule has 1 aromatic carbocycles. The van der Waals surface area contributed by atoms with Crippen LogP contribution >= 0.6 is 11.6 Å². The second-order valence-electron chi connectivity index (χ2n) is 4.89. The zero-order valence-corrected chi connectivity index (χ0v) is 13.6. The van der Waals surface area contributed by atoms with E-state index in [0.29, 0.717) is 21.3 Å². The van der Waals surface area contributed by atoms with Gasteiger partial charge in [0.25, 0.3) is 0 Å². The predicted molar refractivity (Wildman–Crippen MR) is 79.7 cm³/mol. The average molecular weight is 356 g/mol. The van der Waals surface area contributed by atoms with Crippen molar-refractivity contribution in [2.45, 2.75) is 0 Å². The van der Waals surface area contributed by atoms with E-state index in [0.717, 1.165) is 5.96 Å². The lowest BCUT2D eigenvalue weighted by Gasteiger charge is -2.11. The highest BCUT2D eigenvalue weighted by Gasteiger charge is 2.33. The van der Waals surface area contributed by atoms with Gasteiger partial charge in [-0.15, -0.1) is 4.86 Å². The fraction of sp³-hybridized carbons (Fsp3) is 0.364. The molecule has 0 fully saturated rings. The van der Waals surface area contributed by atoms with Crippen molar-refractivity contribution in [3.05, 3.63) is 28.4 Å². The van der Waals surface area contributed by atoms with Crippen LogP contribution in [0.1, 0.15) is 0 Å². The van der Waals surface area contributed by atoms with Gasteiger partial charge in [-0.2, -0.15) is 0 Å². The van der Waals surface area contributed by atoms with E-state index in [-0.39, 0.29) is 0 Å². The summed E-state index contributed by atoms with van der Waals surface area (Å²) >= 11 is 5.89. The summed E-state index contributed by atoms with van der Waals surface area (Å²) in [5, 5.41) is 16.3. The van der Waals surface area contributed by atoms with Gasteiger partial charge >= 0.3 is 13.2 Å². The third-order valence-electron chi connectivity index (χ3n) is 2.53. The molecule has 0 aliphatic carbocycles. The van der Waals surface area contributed by atoms with E-state index in [9.17, 15) is 22.5 Å². The molecule has 0 N–H and O–H groups in total. The summed E-state index contributed by atoms with van der Waals surface area (Å²) in [4.78, 5) is 4.36. The van der Waals surface area contributed by atoms with E-state index in [1.54, 1.807) is 22.9 Å². The van der Waals surface area contributed by atoms with E-state index in [1.165, 1.54) is 0 Å². The second-order valence-corrected chi connectivity index (χ2v) is 5.33. The molecule has 0 bridgehead atoms. The second kappa shape index (κ2) is 7.03. The van der Waals surface area contributed by atoms with Crippen molar-refractivity contribution < 1.29 is 26.8 Å². The molecule has 0 saturated heterocycles. The summed E-state index contributed by atoms with van der Waals surface area (Å²) in [5.41, 5.74) is 1.16. The van der Waals surface area contributed by atoms with Gasteiger partial charge in [0, 0.05) is 11.1 Å². The Labute approximate surface area is 135 Å². The molecule has 1 aromatic rings. The third-order valence-corrected chi connectivity index (χ3v) is 2.77. The lowest BCUT2D eigenvalue weighted by Crippen LogP contribution is -2.40. The zero-order valence-electron chi connectivity index (χ0n) is 12.8. The SMILES string of the molecule is CN(C)C(N(C)C)=[N+]1N=[N+]([O-])c2cc(Cl)ccc21.F[B-](F)(F)F. The number of fused-ring (bicyclic) bond motifs is 1. The van der Waals surface area contributed by atoms with Crippen LogP contribution in [-0.2, 0) is 0 Å². The Morgan fingerprint density at radius 3 is 2.00 bits per heavy atom. The number of guanidine groups is 1. The van der Waals surface area contributed by atoms with Crippen LogP contribution in [0.3, 0.4) is 0 Å². The molecule has 0 atom stereocenters. The highest BCUT2D eigenvalue weighted by molar-refractivity contribution is 6.50. The first-order valence-electron chi connectivity index (χ1n) is 6.29.